The van der Waals surface area contributed by atoms with Crippen LogP contribution in [-0.2, 0) is 9.53 Å². The molecule has 0 bridgehead atoms. The van der Waals surface area contributed by atoms with Gasteiger partial charge in [-0.15, -0.1) is 0 Å². The molecule has 15 heavy (non-hydrogen) atoms. The predicted octanol–water partition coefficient (Wildman–Crippen LogP) is 2.03. The normalized spacial score (nSPS) is 18.0. The number of carbonyl (C=O) groups excluding carboxylic acids is 1. The van der Waals surface area contributed by atoms with Crippen LogP contribution in [0.5, 0.6) is 0 Å². The molecule has 0 unspecified atom stereocenters. The van der Waals surface area contributed by atoms with Gasteiger partial charge in [0.15, 0.2) is 0 Å². The highest BCUT2D eigenvalue weighted by atomic mass is 16.5. The zero-order valence-corrected chi connectivity index (χ0v) is 9.77. The zero-order chi connectivity index (χ0) is 11.3. The van der Waals surface area contributed by atoms with Gasteiger partial charge < -0.3 is 10.1 Å². The van der Waals surface area contributed by atoms with Crippen molar-refractivity contribution in [3.05, 3.63) is 12.2 Å². The molecule has 0 heterocycles. The molecule has 0 aromatic heterocycles. The minimum atomic E-state index is -0.282. The minimum absolute atomic E-state index is 0.259. The summed E-state index contributed by atoms with van der Waals surface area (Å²) in [6.45, 7) is 8.68. The average molecular weight is 211 g/mol. The second-order valence-electron chi connectivity index (χ2n) is 4.17. The lowest BCUT2D eigenvalue weighted by Crippen LogP contribution is -2.51. The highest BCUT2D eigenvalue weighted by Crippen LogP contribution is 2.34. The van der Waals surface area contributed by atoms with Crippen LogP contribution in [0.3, 0.4) is 0 Å². The minimum Gasteiger partial charge on any atom is -0.463 e. The number of rotatable bonds is 6. The summed E-state index contributed by atoms with van der Waals surface area (Å²) in [5, 5.41) is 3.42. The monoisotopic (exact) mass is 211 g/mol. The van der Waals surface area contributed by atoms with Crippen molar-refractivity contribution in [1.82, 2.24) is 5.32 Å². The SMILES string of the molecule is C=C(CNC1(CC)CCC1)C(=O)OCC. The number of hydrogen-bond donors (Lipinski definition) is 1. The van der Waals surface area contributed by atoms with Crippen LogP contribution in [0.4, 0.5) is 0 Å². The fourth-order valence-electron chi connectivity index (χ4n) is 1.86. The molecule has 3 heteroatoms. The molecule has 0 amide bonds. The molecule has 0 radical (unpaired) electrons. The number of carbonyl (C=O) groups is 1. The quantitative estimate of drug-likeness (QED) is 0.539. The van der Waals surface area contributed by atoms with Gasteiger partial charge in [-0.25, -0.2) is 4.79 Å². The molecule has 3 nitrogen and oxygen atoms in total. The van der Waals surface area contributed by atoms with Gasteiger partial charge in [-0.05, 0) is 32.6 Å². The van der Waals surface area contributed by atoms with E-state index in [1.165, 1.54) is 19.3 Å². The van der Waals surface area contributed by atoms with E-state index in [9.17, 15) is 4.79 Å². The summed E-state index contributed by atoms with van der Waals surface area (Å²) in [6, 6.07) is 0. The van der Waals surface area contributed by atoms with Crippen molar-refractivity contribution in [2.45, 2.75) is 45.1 Å². The number of ether oxygens (including phenoxy) is 1. The van der Waals surface area contributed by atoms with Gasteiger partial charge in [-0.1, -0.05) is 13.5 Å². The summed E-state index contributed by atoms with van der Waals surface area (Å²) in [5.74, 6) is -0.282. The Morgan fingerprint density at radius 3 is 2.53 bits per heavy atom. The summed E-state index contributed by atoms with van der Waals surface area (Å²) in [7, 11) is 0. The van der Waals surface area contributed by atoms with Crippen molar-refractivity contribution in [2.75, 3.05) is 13.2 Å². The van der Waals surface area contributed by atoms with Crippen LogP contribution in [0.2, 0.25) is 0 Å². The van der Waals surface area contributed by atoms with Gasteiger partial charge in [0.05, 0.1) is 6.61 Å². The Bertz CT molecular complexity index is 238. The number of hydrogen-bond acceptors (Lipinski definition) is 3. The summed E-state index contributed by atoms with van der Waals surface area (Å²) < 4.78 is 4.88. The summed E-state index contributed by atoms with van der Waals surface area (Å²) in [5.41, 5.74) is 0.784. The summed E-state index contributed by atoms with van der Waals surface area (Å²) in [6.07, 6.45) is 4.81. The van der Waals surface area contributed by atoms with Gasteiger partial charge in [0.1, 0.15) is 0 Å². The molecule has 1 aliphatic carbocycles. The van der Waals surface area contributed by atoms with E-state index in [1.54, 1.807) is 6.92 Å². The maximum absolute atomic E-state index is 11.3. The van der Waals surface area contributed by atoms with Crippen molar-refractivity contribution in [2.24, 2.45) is 0 Å². The van der Waals surface area contributed by atoms with Gasteiger partial charge in [-0.3, -0.25) is 0 Å². The van der Waals surface area contributed by atoms with Gasteiger partial charge >= 0.3 is 5.97 Å². The van der Waals surface area contributed by atoms with E-state index >= 15 is 0 Å². The van der Waals surface area contributed by atoms with E-state index in [-0.39, 0.29) is 11.5 Å². The van der Waals surface area contributed by atoms with E-state index in [0.717, 1.165) is 6.42 Å². The molecular formula is C12H21NO2. The first-order valence-corrected chi connectivity index (χ1v) is 5.73. The van der Waals surface area contributed by atoms with Gasteiger partial charge in [0.25, 0.3) is 0 Å². The molecule has 0 saturated heterocycles. The highest BCUT2D eigenvalue weighted by molar-refractivity contribution is 5.88. The maximum Gasteiger partial charge on any atom is 0.334 e. The van der Waals surface area contributed by atoms with Crippen LogP contribution in [0, 0.1) is 0 Å². The second kappa shape index (κ2) is 5.31. The largest absolute Gasteiger partial charge is 0.463 e. The molecule has 1 fully saturated rings. The molecule has 0 aromatic rings. The molecule has 0 atom stereocenters. The van der Waals surface area contributed by atoms with Crippen molar-refractivity contribution in [1.29, 1.82) is 0 Å². The molecule has 0 spiro atoms. The first-order chi connectivity index (χ1) is 7.13. The standard InChI is InChI=1S/C12H21NO2/c1-4-12(7-6-8-12)13-9-10(3)11(14)15-5-2/h13H,3-9H2,1-2H3. The van der Waals surface area contributed by atoms with Crippen LogP contribution in [0.25, 0.3) is 0 Å². The molecule has 0 aliphatic heterocycles. The third kappa shape index (κ3) is 3.06. The van der Waals surface area contributed by atoms with E-state index in [4.69, 9.17) is 4.74 Å². The van der Waals surface area contributed by atoms with Crippen molar-refractivity contribution in [3.63, 3.8) is 0 Å². The molecule has 1 saturated carbocycles. The van der Waals surface area contributed by atoms with Crippen molar-refractivity contribution in [3.8, 4) is 0 Å². The highest BCUT2D eigenvalue weighted by Gasteiger charge is 2.34. The van der Waals surface area contributed by atoms with E-state index in [0.29, 0.717) is 18.7 Å². The van der Waals surface area contributed by atoms with Gasteiger partial charge in [0, 0.05) is 17.7 Å². The number of esters is 1. The van der Waals surface area contributed by atoms with E-state index in [2.05, 4.69) is 18.8 Å². The fourth-order valence-corrected chi connectivity index (χ4v) is 1.86. The first-order valence-electron chi connectivity index (χ1n) is 5.73. The summed E-state index contributed by atoms with van der Waals surface area (Å²) in [4.78, 5) is 11.3. The smallest absolute Gasteiger partial charge is 0.334 e. The topological polar surface area (TPSA) is 38.3 Å². The predicted molar refractivity (Wildman–Crippen MR) is 60.6 cm³/mol. The average Bonchev–Trinajstić information content (AvgIpc) is 2.17. The van der Waals surface area contributed by atoms with Crippen LogP contribution >= 0.6 is 0 Å². The Hall–Kier alpha value is -0.830. The number of nitrogens with one attached hydrogen (secondary N) is 1. The van der Waals surface area contributed by atoms with Crippen molar-refractivity contribution >= 4 is 5.97 Å². The molecule has 1 rings (SSSR count). The Morgan fingerprint density at radius 1 is 1.47 bits per heavy atom. The molecule has 1 N–H and O–H groups in total. The van der Waals surface area contributed by atoms with E-state index in [1.807, 2.05) is 0 Å². The van der Waals surface area contributed by atoms with Crippen LogP contribution in [-0.4, -0.2) is 24.7 Å². The summed E-state index contributed by atoms with van der Waals surface area (Å²) >= 11 is 0. The van der Waals surface area contributed by atoms with Crippen LogP contribution in [0.15, 0.2) is 12.2 Å². The third-order valence-electron chi connectivity index (χ3n) is 3.23. The lowest BCUT2D eigenvalue weighted by atomic mass is 9.75. The van der Waals surface area contributed by atoms with Gasteiger partial charge in [-0.2, -0.15) is 0 Å². The Labute approximate surface area is 91.9 Å². The molecular weight excluding hydrogens is 190 g/mol. The second-order valence-corrected chi connectivity index (χ2v) is 4.17. The molecule has 86 valence electrons. The van der Waals surface area contributed by atoms with Crippen molar-refractivity contribution < 1.29 is 9.53 Å². The van der Waals surface area contributed by atoms with Crippen LogP contribution < -0.4 is 5.32 Å². The fraction of sp³-hybridized carbons (Fsp3) is 0.750. The Morgan fingerprint density at radius 2 is 2.13 bits per heavy atom. The molecule has 0 aromatic carbocycles. The zero-order valence-electron chi connectivity index (χ0n) is 9.77. The maximum atomic E-state index is 11.3. The van der Waals surface area contributed by atoms with Crippen LogP contribution in [0.1, 0.15) is 39.5 Å². The lowest BCUT2D eigenvalue weighted by molar-refractivity contribution is -0.138. The lowest BCUT2D eigenvalue weighted by Gasteiger charge is -2.42. The Kier molecular flexibility index (Phi) is 4.33. The van der Waals surface area contributed by atoms with E-state index < -0.39 is 0 Å². The van der Waals surface area contributed by atoms with Gasteiger partial charge in [0.2, 0.25) is 0 Å². The molecule has 1 aliphatic rings. The third-order valence-corrected chi connectivity index (χ3v) is 3.23. The first kappa shape index (κ1) is 12.2. The Balaban J connectivity index is 2.30.